The van der Waals surface area contributed by atoms with Crippen molar-refractivity contribution < 1.29 is 23.0 Å². The van der Waals surface area contributed by atoms with Crippen LogP contribution >= 0.6 is 11.3 Å². The number of benzene rings is 1. The number of rotatable bonds is 3. The number of ether oxygens (including phenoxy) is 1. The van der Waals surface area contributed by atoms with Gasteiger partial charge in [0.1, 0.15) is 11.9 Å². The molecule has 0 spiro atoms. The van der Waals surface area contributed by atoms with Crippen LogP contribution in [0.1, 0.15) is 16.5 Å². The van der Waals surface area contributed by atoms with Gasteiger partial charge in [0.05, 0.1) is 10.4 Å². The number of para-hydroxylation sites is 1. The molecule has 2 rings (SSSR count). The van der Waals surface area contributed by atoms with E-state index < -0.39 is 18.2 Å². The first-order valence-electron chi connectivity index (χ1n) is 4.88. The van der Waals surface area contributed by atoms with Crippen molar-refractivity contribution in [1.29, 1.82) is 0 Å². The monoisotopic (exact) mass is 275 g/mol. The van der Waals surface area contributed by atoms with E-state index in [0.29, 0.717) is 4.88 Å². The number of aliphatic hydroxyl groups is 1. The van der Waals surface area contributed by atoms with E-state index in [2.05, 4.69) is 9.72 Å². The Balaban J connectivity index is 2.33. The van der Waals surface area contributed by atoms with Crippen LogP contribution in [-0.4, -0.2) is 16.5 Å². The molecule has 0 aliphatic carbocycles. The molecule has 0 saturated heterocycles. The van der Waals surface area contributed by atoms with Gasteiger partial charge >= 0.3 is 6.36 Å². The van der Waals surface area contributed by atoms with Crippen LogP contribution in [0.4, 0.5) is 13.2 Å². The quantitative estimate of drug-likeness (QED) is 0.935. The molecule has 1 heterocycles. The average Bonchev–Trinajstić information content (AvgIpc) is 2.80. The van der Waals surface area contributed by atoms with E-state index in [0.717, 1.165) is 17.4 Å². The summed E-state index contributed by atoms with van der Waals surface area (Å²) in [5.74, 6) is -0.411. The maximum atomic E-state index is 12.2. The van der Waals surface area contributed by atoms with Crippen LogP contribution < -0.4 is 4.74 Å². The smallest absolute Gasteiger partial charge is 0.405 e. The SMILES string of the molecule is OC(c1cncs1)c1ccccc1OC(F)(F)F. The minimum Gasteiger partial charge on any atom is -0.405 e. The Labute approximate surface area is 104 Å². The lowest BCUT2D eigenvalue weighted by Crippen LogP contribution is -2.18. The van der Waals surface area contributed by atoms with Crippen molar-refractivity contribution in [2.45, 2.75) is 12.5 Å². The number of halogens is 3. The first-order chi connectivity index (χ1) is 8.47. The minimum atomic E-state index is -4.79. The molecule has 7 heteroatoms. The summed E-state index contributed by atoms with van der Waals surface area (Å²) < 4.78 is 40.5. The molecule has 0 radical (unpaired) electrons. The highest BCUT2D eigenvalue weighted by atomic mass is 32.1. The number of aliphatic hydroxyl groups excluding tert-OH is 1. The number of hydrogen-bond acceptors (Lipinski definition) is 4. The van der Waals surface area contributed by atoms with Crippen LogP contribution in [0.2, 0.25) is 0 Å². The number of hydrogen-bond donors (Lipinski definition) is 1. The van der Waals surface area contributed by atoms with Crippen molar-refractivity contribution in [3.05, 3.63) is 46.4 Å². The number of alkyl halides is 3. The maximum absolute atomic E-state index is 12.2. The van der Waals surface area contributed by atoms with Crippen molar-refractivity contribution in [3.63, 3.8) is 0 Å². The first-order valence-corrected chi connectivity index (χ1v) is 5.76. The molecular formula is C11H8F3NO2S. The summed E-state index contributed by atoms with van der Waals surface area (Å²) in [4.78, 5) is 4.22. The van der Waals surface area contributed by atoms with Crippen LogP contribution in [0.3, 0.4) is 0 Å². The van der Waals surface area contributed by atoms with E-state index in [-0.39, 0.29) is 5.56 Å². The Morgan fingerprint density at radius 1 is 1.28 bits per heavy atom. The summed E-state index contributed by atoms with van der Waals surface area (Å²) in [6.45, 7) is 0. The molecule has 0 saturated carbocycles. The van der Waals surface area contributed by atoms with E-state index >= 15 is 0 Å². The van der Waals surface area contributed by atoms with E-state index in [1.54, 1.807) is 0 Å². The third kappa shape index (κ3) is 2.99. The lowest BCUT2D eigenvalue weighted by molar-refractivity contribution is -0.275. The molecule has 1 unspecified atom stereocenters. The Bertz CT molecular complexity index is 513. The molecule has 0 bridgehead atoms. The summed E-state index contributed by atoms with van der Waals surface area (Å²) in [6.07, 6.45) is -4.57. The van der Waals surface area contributed by atoms with Gasteiger partial charge < -0.3 is 9.84 Å². The number of nitrogens with zero attached hydrogens (tertiary/aromatic N) is 1. The van der Waals surface area contributed by atoms with Gasteiger partial charge in [-0.25, -0.2) is 0 Å². The van der Waals surface area contributed by atoms with Gasteiger partial charge in [-0.05, 0) is 6.07 Å². The standard InChI is InChI=1S/C11H8F3NO2S/c12-11(13,14)17-8-4-2-1-3-7(8)10(16)9-5-15-6-18-9/h1-6,10,16H. The number of thiazole rings is 1. The summed E-state index contributed by atoms with van der Waals surface area (Å²) in [7, 11) is 0. The molecule has 1 atom stereocenters. The highest BCUT2D eigenvalue weighted by Gasteiger charge is 2.33. The van der Waals surface area contributed by atoms with Crippen molar-refractivity contribution in [3.8, 4) is 5.75 Å². The Morgan fingerprint density at radius 2 is 2.00 bits per heavy atom. The van der Waals surface area contributed by atoms with E-state index in [1.807, 2.05) is 0 Å². The molecule has 0 fully saturated rings. The summed E-state index contributed by atoms with van der Waals surface area (Å²) in [6, 6.07) is 5.48. The molecule has 0 aliphatic rings. The van der Waals surface area contributed by atoms with E-state index in [4.69, 9.17) is 0 Å². The highest BCUT2D eigenvalue weighted by molar-refractivity contribution is 7.09. The second-order valence-electron chi connectivity index (χ2n) is 3.39. The fourth-order valence-corrected chi connectivity index (χ4v) is 2.06. The average molecular weight is 275 g/mol. The third-order valence-corrected chi connectivity index (χ3v) is 2.99. The van der Waals surface area contributed by atoms with Gasteiger partial charge in [0.25, 0.3) is 0 Å². The Morgan fingerprint density at radius 3 is 2.61 bits per heavy atom. The zero-order chi connectivity index (χ0) is 13.2. The van der Waals surface area contributed by atoms with Gasteiger partial charge in [-0.15, -0.1) is 24.5 Å². The molecule has 96 valence electrons. The Hall–Kier alpha value is -1.60. The molecule has 0 amide bonds. The van der Waals surface area contributed by atoms with Crippen LogP contribution in [0, 0.1) is 0 Å². The fourth-order valence-electron chi connectivity index (χ4n) is 1.44. The summed E-state index contributed by atoms with van der Waals surface area (Å²) in [5, 5.41) is 9.98. The zero-order valence-corrected chi connectivity index (χ0v) is 9.70. The van der Waals surface area contributed by atoms with Gasteiger partial charge in [0.15, 0.2) is 0 Å². The summed E-state index contributed by atoms with van der Waals surface area (Å²) in [5.41, 5.74) is 1.55. The van der Waals surface area contributed by atoms with Crippen LogP contribution in [0.15, 0.2) is 36.0 Å². The highest BCUT2D eigenvalue weighted by Crippen LogP contribution is 2.34. The largest absolute Gasteiger partial charge is 0.573 e. The van der Waals surface area contributed by atoms with E-state index in [9.17, 15) is 18.3 Å². The van der Waals surface area contributed by atoms with Crippen LogP contribution in [-0.2, 0) is 0 Å². The van der Waals surface area contributed by atoms with Gasteiger partial charge in [-0.3, -0.25) is 4.98 Å². The van der Waals surface area contributed by atoms with Crippen molar-refractivity contribution in [2.75, 3.05) is 0 Å². The lowest BCUT2D eigenvalue weighted by atomic mass is 10.1. The topological polar surface area (TPSA) is 42.4 Å². The Kier molecular flexibility index (Phi) is 3.53. The summed E-state index contributed by atoms with van der Waals surface area (Å²) >= 11 is 1.15. The van der Waals surface area contributed by atoms with Crippen LogP contribution in [0.5, 0.6) is 5.75 Å². The second kappa shape index (κ2) is 4.95. The normalized spacial score (nSPS) is 13.3. The number of aromatic nitrogens is 1. The van der Waals surface area contributed by atoms with Crippen molar-refractivity contribution >= 4 is 11.3 Å². The van der Waals surface area contributed by atoms with Crippen molar-refractivity contribution in [1.82, 2.24) is 4.98 Å². The van der Waals surface area contributed by atoms with Gasteiger partial charge in [0.2, 0.25) is 0 Å². The molecule has 3 nitrogen and oxygen atoms in total. The fraction of sp³-hybridized carbons (Fsp3) is 0.182. The third-order valence-electron chi connectivity index (χ3n) is 2.16. The molecule has 1 aromatic heterocycles. The van der Waals surface area contributed by atoms with Crippen molar-refractivity contribution in [2.24, 2.45) is 0 Å². The lowest BCUT2D eigenvalue weighted by Gasteiger charge is -2.15. The zero-order valence-electron chi connectivity index (χ0n) is 8.89. The molecule has 2 aromatic rings. The molecular weight excluding hydrogens is 267 g/mol. The van der Waals surface area contributed by atoms with Gasteiger partial charge in [0, 0.05) is 11.8 Å². The van der Waals surface area contributed by atoms with Crippen LogP contribution in [0.25, 0.3) is 0 Å². The molecule has 1 aromatic carbocycles. The predicted molar refractivity (Wildman–Crippen MR) is 59.3 cm³/mol. The molecule has 0 aliphatic heterocycles. The molecule has 1 N–H and O–H groups in total. The first kappa shape index (κ1) is 12.8. The van der Waals surface area contributed by atoms with Gasteiger partial charge in [-0.1, -0.05) is 18.2 Å². The van der Waals surface area contributed by atoms with Gasteiger partial charge in [-0.2, -0.15) is 0 Å². The molecule has 18 heavy (non-hydrogen) atoms. The second-order valence-corrected chi connectivity index (χ2v) is 4.31. The maximum Gasteiger partial charge on any atom is 0.573 e. The predicted octanol–water partition coefficient (Wildman–Crippen LogP) is 3.12. The minimum absolute atomic E-state index is 0.0547. The van der Waals surface area contributed by atoms with E-state index in [1.165, 1.54) is 29.9 Å².